The van der Waals surface area contributed by atoms with Crippen molar-refractivity contribution in [2.45, 2.75) is 49.2 Å². The van der Waals surface area contributed by atoms with Gasteiger partial charge in [-0.1, -0.05) is 24.4 Å². The van der Waals surface area contributed by atoms with Crippen LogP contribution in [0.4, 0.5) is 17.5 Å². The Morgan fingerprint density at radius 1 is 1.19 bits per heavy atom. The summed E-state index contributed by atoms with van der Waals surface area (Å²) in [5, 5.41) is 10.7. The number of aromatic nitrogens is 4. The number of anilines is 3. The van der Waals surface area contributed by atoms with E-state index in [9.17, 15) is 8.42 Å². The summed E-state index contributed by atoms with van der Waals surface area (Å²) in [6.45, 7) is 0.770. The molecule has 5 rings (SSSR count). The standard InChI is InChI=1S/C20H27ClN6O4S/c1-27-8-13(6-23-27)24-20-22-7-15(21)19(26-20)25-16-10-31-17-12(9-30-18(16)17)11-32(28,29)14-4-2-3-5-14/h6-8,12,14,16-18H,2-5,9-11H2,1H3,(H2,22,24,25,26). The first-order valence-electron chi connectivity index (χ1n) is 10.9. The molecule has 3 aliphatic rings. The maximum Gasteiger partial charge on any atom is 0.229 e. The monoisotopic (exact) mass is 482 g/mol. The predicted molar refractivity (Wildman–Crippen MR) is 120 cm³/mol. The second-order valence-electron chi connectivity index (χ2n) is 8.76. The van der Waals surface area contributed by atoms with Crippen LogP contribution in [0.1, 0.15) is 25.7 Å². The lowest BCUT2D eigenvalue weighted by Crippen LogP contribution is -2.37. The van der Waals surface area contributed by atoms with Crippen LogP contribution < -0.4 is 10.6 Å². The van der Waals surface area contributed by atoms with E-state index in [1.165, 1.54) is 6.20 Å². The lowest BCUT2D eigenvalue weighted by molar-refractivity contribution is 0.0656. The smallest absolute Gasteiger partial charge is 0.229 e. The molecule has 12 heteroatoms. The molecule has 0 bridgehead atoms. The van der Waals surface area contributed by atoms with Crippen molar-refractivity contribution in [1.29, 1.82) is 0 Å². The number of nitrogens with one attached hydrogen (secondary N) is 2. The Labute approximate surface area is 192 Å². The van der Waals surface area contributed by atoms with E-state index in [-0.39, 0.29) is 35.2 Å². The van der Waals surface area contributed by atoms with Crippen LogP contribution in [0, 0.1) is 5.92 Å². The van der Waals surface area contributed by atoms with Crippen molar-refractivity contribution in [3.63, 3.8) is 0 Å². The molecule has 2 N–H and O–H groups in total. The van der Waals surface area contributed by atoms with Crippen LogP contribution in [0.3, 0.4) is 0 Å². The lowest BCUT2D eigenvalue weighted by atomic mass is 10.0. The number of hydrogen-bond donors (Lipinski definition) is 2. The third-order valence-electron chi connectivity index (χ3n) is 6.44. The molecule has 2 aliphatic heterocycles. The fourth-order valence-corrected chi connectivity index (χ4v) is 7.20. The van der Waals surface area contributed by atoms with Gasteiger partial charge in [-0.05, 0) is 12.8 Å². The van der Waals surface area contributed by atoms with Gasteiger partial charge in [0.1, 0.15) is 11.1 Å². The van der Waals surface area contributed by atoms with Crippen molar-refractivity contribution in [2.24, 2.45) is 13.0 Å². The molecule has 2 saturated heterocycles. The van der Waals surface area contributed by atoms with Crippen LogP contribution in [-0.2, 0) is 26.4 Å². The molecule has 2 aromatic rings. The average molecular weight is 483 g/mol. The first-order valence-corrected chi connectivity index (χ1v) is 13.0. The molecule has 0 aromatic carbocycles. The molecular formula is C20H27ClN6O4S. The van der Waals surface area contributed by atoms with Crippen LogP contribution in [0.2, 0.25) is 5.02 Å². The van der Waals surface area contributed by atoms with Gasteiger partial charge in [-0.3, -0.25) is 4.68 Å². The number of sulfone groups is 1. The molecule has 1 aliphatic carbocycles. The van der Waals surface area contributed by atoms with Gasteiger partial charge in [-0.15, -0.1) is 0 Å². The highest BCUT2D eigenvalue weighted by Crippen LogP contribution is 2.36. The largest absolute Gasteiger partial charge is 0.373 e. The van der Waals surface area contributed by atoms with E-state index in [2.05, 4.69) is 25.7 Å². The Hall–Kier alpha value is -1.95. The molecule has 0 amide bonds. The number of nitrogens with zero attached hydrogens (tertiary/aromatic N) is 4. The molecule has 1 saturated carbocycles. The van der Waals surface area contributed by atoms with E-state index in [0.29, 0.717) is 30.0 Å². The Balaban J connectivity index is 1.24. The van der Waals surface area contributed by atoms with Crippen molar-refractivity contribution < 1.29 is 17.9 Å². The zero-order valence-corrected chi connectivity index (χ0v) is 19.3. The van der Waals surface area contributed by atoms with E-state index in [1.54, 1.807) is 10.9 Å². The van der Waals surface area contributed by atoms with Gasteiger partial charge in [0.15, 0.2) is 15.7 Å². The number of rotatable bonds is 7. The molecule has 3 fully saturated rings. The summed E-state index contributed by atoms with van der Waals surface area (Å²) >= 11 is 6.32. The minimum Gasteiger partial charge on any atom is -0.373 e. The average Bonchev–Trinajstić information content (AvgIpc) is 3.53. The molecule has 0 spiro atoms. The van der Waals surface area contributed by atoms with Gasteiger partial charge in [0, 0.05) is 19.2 Å². The summed E-state index contributed by atoms with van der Waals surface area (Å²) in [5.41, 5.74) is 0.760. The highest BCUT2D eigenvalue weighted by molar-refractivity contribution is 7.92. The summed E-state index contributed by atoms with van der Waals surface area (Å²) in [5.74, 6) is 0.821. The molecular weight excluding hydrogens is 456 g/mol. The Bertz CT molecular complexity index is 1070. The van der Waals surface area contributed by atoms with Gasteiger partial charge in [-0.25, -0.2) is 13.4 Å². The number of ether oxygens (including phenoxy) is 2. The highest BCUT2D eigenvalue weighted by atomic mass is 35.5. The molecule has 4 heterocycles. The van der Waals surface area contributed by atoms with Crippen molar-refractivity contribution >= 4 is 38.9 Å². The molecule has 32 heavy (non-hydrogen) atoms. The SMILES string of the molecule is Cn1cc(Nc2ncc(Cl)c(NC3COC4C(CS(=O)(=O)C5CCCC5)COC34)n2)cn1. The Kier molecular flexibility index (Phi) is 5.99. The first kappa shape index (κ1) is 21.9. The van der Waals surface area contributed by atoms with Gasteiger partial charge in [0.05, 0.1) is 54.4 Å². The third kappa shape index (κ3) is 4.43. The van der Waals surface area contributed by atoms with Crippen LogP contribution in [0.15, 0.2) is 18.6 Å². The lowest BCUT2D eigenvalue weighted by Gasteiger charge is -2.20. The Morgan fingerprint density at radius 3 is 2.72 bits per heavy atom. The molecule has 0 radical (unpaired) electrons. The first-order chi connectivity index (χ1) is 15.4. The van der Waals surface area contributed by atoms with Crippen LogP contribution in [-0.4, -0.2) is 70.6 Å². The minimum absolute atomic E-state index is 0.124. The van der Waals surface area contributed by atoms with Gasteiger partial charge in [0.2, 0.25) is 5.95 Å². The fraction of sp³-hybridized carbons (Fsp3) is 0.650. The number of aryl methyl sites for hydroxylation is 1. The second-order valence-corrected chi connectivity index (χ2v) is 11.5. The quantitative estimate of drug-likeness (QED) is 0.611. The van der Waals surface area contributed by atoms with Crippen molar-refractivity contribution in [1.82, 2.24) is 19.7 Å². The maximum atomic E-state index is 12.8. The Morgan fingerprint density at radius 2 is 1.97 bits per heavy atom. The van der Waals surface area contributed by atoms with Crippen molar-refractivity contribution in [3.8, 4) is 0 Å². The predicted octanol–water partition coefficient (Wildman–Crippen LogP) is 2.16. The topological polar surface area (TPSA) is 120 Å². The van der Waals surface area contributed by atoms with Gasteiger partial charge < -0.3 is 20.1 Å². The highest BCUT2D eigenvalue weighted by Gasteiger charge is 2.49. The van der Waals surface area contributed by atoms with Crippen LogP contribution in [0.5, 0.6) is 0 Å². The normalized spacial score (nSPS) is 28.2. The summed E-state index contributed by atoms with van der Waals surface area (Å²) in [6, 6.07) is -0.183. The maximum absolute atomic E-state index is 12.8. The van der Waals surface area contributed by atoms with Gasteiger partial charge >= 0.3 is 0 Å². The number of hydrogen-bond acceptors (Lipinski definition) is 9. The van der Waals surface area contributed by atoms with Crippen LogP contribution >= 0.6 is 11.6 Å². The second kappa shape index (κ2) is 8.77. The van der Waals surface area contributed by atoms with Gasteiger partial charge in [0.25, 0.3) is 0 Å². The molecule has 2 aromatic heterocycles. The number of halogens is 1. The third-order valence-corrected chi connectivity index (χ3v) is 9.10. The molecule has 10 nitrogen and oxygen atoms in total. The summed E-state index contributed by atoms with van der Waals surface area (Å²) in [7, 11) is -1.31. The van der Waals surface area contributed by atoms with Crippen molar-refractivity contribution in [3.05, 3.63) is 23.6 Å². The zero-order valence-electron chi connectivity index (χ0n) is 17.8. The fourth-order valence-electron chi connectivity index (χ4n) is 4.85. The van der Waals surface area contributed by atoms with E-state index in [1.807, 2.05) is 13.2 Å². The van der Waals surface area contributed by atoms with Crippen LogP contribution in [0.25, 0.3) is 0 Å². The van der Waals surface area contributed by atoms with Crippen molar-refractivity contribution in [2.75, 3.05) is 29.6 Å². The van der Waals surface area contributed by atoms with Gasteiger partial charge in [-0.2, -0.15) is 10.1 Å². The minimum atomic E-state index is -3.14. The molecule has 174 valence electrons. The molecule has 4 atom stereocenters. The van der Waals surface area contributed by atoms with E-state index >= 15 is 0 Å². The zero-order chi connectivity index (χ0) is 22.3. The summed E-state index contributed by atoms with van der Waals surface area (Å²) in [6.07, 6.45) is 8.05. The number of fused-ring (bicyclic) bond motifs is 1. The summed E-state index contributed by atoms with van der Waals surface area (Å²) < 4.78 is 39.3. The summed E-state index contributed by atoms with van der Waals surface area (Å²) in [4.78, 5) is 8.69. The van der Waals surface area contributed by atoms with E-state index < -0.39 is 9.84 Å². The van der Waals surface area contributed by atoms with E-state index in [4.69, 9.17) is 21.1 Å². The van der Waals surface area contributed by atoms with E-state index in [0.717, 1.165) is 31.4 Å². The molecule has 4 unspecified atom stereocenters.